The van der Waals surface area contributed by atoms with Gasteiger partial charge in [0, 0.05) is 18.7 Å². The second kappa shape index (κ2) is 4.54. The molecule has 0 radical (unpaired) electrons. The van der Waals surface area contributed by atoms with E-state index >= 15 is 0 Å². The van der Waals surface area contributed by atoms with E-state index in [1.54, 1.807) is 0 Å². The molecule has 0 aliphatic carbocycles. The van der Waals surface area contributed by atoms with E-state index in [9.17, 15) is 4.79 Å². The maximum absolute atomic E-state index is 10.9. The average Bonchev–Trinajstić information content (AvgIpc) is 2.72. The van der Waals surface area contributed by atoms with Crippen LogP contribution in [0.25, 0.3) is 0 Å². The molecule has 11 heavy (non-hydrogen) atoms. The first kappa shape index (κ1) is 8.78. The maximum atomic E-state index is 10.9. The van der Waals surface area contributed by atoms with Gasteiger partial charge in [-0.25, -0.2) is 0 Å². The summed E-state index contributed by atoms with van der Waals surface area (Å²) in [7, 11) is 0.609. The molecule has 1 N–H and O–H groups in total. The monoisotopic (exact) mass is 173 g/mol. The zero-order valence-electron chi connectivity index (χ0n) is 6.93. The third-order valence-corrected chi connectivity index (χ3v) is 3.20. The summed E-state index contributed by atoms with van der Waals surface area (Å²) in [4.78, 5) is 10.9. The molecular weight excluding hydrogens is 158 g/mol. The zero-order chi connectivity index (χ0) is 8.10. The molecule has 3 heteroatoms. The summed E-state index contributed by atoms with van der Waals surface area (Å²) in [5, 5.41) is 5.12. The van der Waals surface area contributed by atoms with Gasteiger partial charge in [0.25, 0.3) is 0 Å². The van der Waals surface area contributed by atoms with E-state index in [0.29, 0.717) is 16.9 Å². The third kappa shape index (κ3) is 4.19. The van der Waals surface area contributed by atoms with Crippen molar-refractivity contribution in [1.82, 2.24) is 5.32 Å². The molecule has 0 bridgehead atoms. The number of nitrogens with one attached hydrogen (secondary N) is 1. The molecule has 1 amide bonds. The predicted octanol–water partition coefficient (Wildman–Crippen LogP) is 0.987. The van der Waals surface area contributed by atoms with Crippen LogP contribution in [0.5, 0.6) is 0 Å². The van der Waals surface area contributed by atoms with Crippen LogP contribution in [0, 0.1) is 0 Å². The number of amides is 1. The Balaban J connectivity index is 1.92. The van der Waals surface area contributed by atoms with E-state index < -0.39 is 0 Å². The van der Waals surface area contributed by atoms with Crippen LogP contribution in [0.3, 0.4) is 0 Å². The van der Waals surface area contributed by atoms with Gasteiger partial charge in [0.1, 0.15) is 0 Å². The minimum atomic E-state index is 0.206. The van der Waals surface area contributed by atoms with Crippen LogP contribution in [0.2, 0.25) is 0 Å². The van der Waals surface area contributed by atoms with Gasteiger partial charge in [0.2, 0.25) is 5.91 Å². The number of carbonyl (C=O) groups excluding carboxylic acids is 1. The van der Waals surface area contributed by atoms with Crippen molar-refractivity contribution in [3.05, 3.63) is 0 Å². The normalized spacial score (nSPS) is 20.6. The van der Waals surface area contributed by atoms with E-state index in [2.05, 4.69) is 10.7 Å². The highest BCUT2D eigenvalue weighted by Gasteiger charge is 2.05. The zero-order valence-corrected chi connectivity index (χ0v) is 7.75. The first-order valence-corrected chi connectivity index (χ1v) is 5.72. The van der Waals surface area contributed by atoms with Gasteiger partial charge in [-0.3, -0.25) is 4.79 Å². The fraction of sp³-hybridized carbons (Fsp3) is 0.750. The van der Waals surface area contributed by atoms with Gasteiger partial charge in [0.15, 0.2) is 0 Å². The Morgan fingerprint density at radius 2 is 2.45 bits per heavy atom. The Hall–Kier alpha value is -0.310. The summed E-state index contributed by atoms with van der Waals surface area (Å²) in [5.41, 5.74) is 0. The Morgan fingerprint density at radius 3 is 3.00 bits per heavy atom. The first-order valence-electron chi connectivity index (χ1n) is 4.09. The highest BCUT2D eigenvalue weighted by molar-refractivity contribution is 8.22. The van der Waals surface area contributed by atoms with Crippen LogP contribution in [0.15, 0.2) is 0 Å². The molecule has 0 aromatic rings. The highest BCUT2D eigenvalue weighted by atomic mass is 32.2. The lowest BCUT2D eigenvalue weighted by Gasteiger charge is -1.99. The van der Waals surface area contributed by atoms with Crippen LogP contribution in [-0.4, -0.2) is 29.3 Å². The SMILES string of the molecule is CCNC(=O)CCCS1=CC1. The summed E-state index contributed by atoms with van der Waals surface area (Å²) in [6.07, 6.45) is 1.77. The van der Waals surface area contributed by atoms with Crippen molar-refractivity contribution in [2.24, 2.45) is 0 Å². The fourth-order valence-electron chi connectivity index (χ4n) is 0.918. The number of hydrogen-bond donors (Lipinski definition) is 1. The van der Waals surface area contributed by atoms with Gasteiger partial charge in [-0.1, -0.05) is 5.37 Å². The van der Waals surface area contributed by atoms with Gasteiger partial charge in [0.05, 0.1) is 0 Å². The van der Waals surface area contributed by atoms with Gasteiger partial charge in [-0.2, -0.15) is 10.5 Å². The van der Waals surface area contributed by atoms with Crippen molar-refractivity contribution in [1.29, 1.82) is 0 Å². The average molecular weight is 173 g/mol. The van der Waals surface area contributed by atoms with Gasteiger partial charge in [-0.15, -0.1) is 0 Å². The molecule has 0 aromatic heterocycles. The Bertz CT molecular complexity index is 177. The van der Waals surface area contributed by atoms with Gasteiger partial charge < -0.3 is 5.32 Å². The molecular formula is C8H15NOS. The molecule has 64 valence electrons. The van der Waals surface area contributed by atoms with Crippen molar-refractivity contribution in [3.63, 3.8) is 0 Å². The predicted molar refractivity (Wildman–Crippen MR) is 51.3 cm³/mol. The first-order chi connectivity index (χ1) is 5.33. The molecule has 0 aromatic carbocycles. The smallest absolute Gasteiger partial charge is 0.220 e. The summed E-state index contributed by atoms with van der Waals surface area (Å²) in [6, 6.07) is 0. The summed E-state index contributed by atoms with van der Waals surface area (Å²) >= 11 is 0. The molecule has 1 aliphatic heterocycles. The molecule has 1 heterocycles. The Kier molecular flexibility index (Phi) is 3.63. The molecule has 0 spiro atoms. The van der Waals surface area contributed by atoms with Crippen molar-refractivity contribution < 1.29 is 4.79 Å². The van der Waals surface area contributed by atoms with Gasteiger partial charge >= 0.3 is 0 Å². The molecule has 1 aliphatic rings. The lowest BCUT2D eigenvalue weighted by Crippen LogP contribution is -2.22. The van der Waals surface area contributed by atoms with Crippen molar-refractivity contribution in [2.45, 2.75) is 19.8 Å². The molecule has 0 fully saturated rings. The topological polar surface area (TPSA) is 29.1 Å². The van der Waals surface area contributed by atoms with Gasteiger partial charge in [-0.05, 0) is 19.1 Å². The molecule has 0 saturated heterocycles. The Morgan fingerprint density at radius 1 is 1.73 bits per heavy atom. The molecule has 1 rings (SSSR count). The van der Waals surface area contributed by atoms with Crippen molar-refractivity contribution in [2.75, 3.05) is 18.1 Å². The summed E-state index contributed by atoms with van der Waals surface area (Å²) in [6.45, 7) is 2.71. The van der Waals surface area contributed by atoms with Crippen molar-refractivity contribution >= 4 is 21.8 Å². The van der Waals surface area contributed by atoms with Crippen LogP contribution < -0.4 is 5.32 Å². The molecule has 2 nitrogen and oxygen atoms in total. The van der Waals surface area contributed by atoms with E-state index in [1.165, 1.54) is 11.5 Å². The largest absolute Gasteiger partial charge is 0.356 e. The number of carbonyl (C=O) groups is 1. The van der Waals surface area contributed by atoms with Crippen LogP contribution in [0.1, 0.15) is 19.8 Å². The van der Waals surface area contributed by atoms with Crippen LogP contribution >= 0.6 is 10.5 Å². The standard InChI is InChI=1S/C8H15NOS/c1-2-9-8(10)4-3-5-11-6-7-11/h6H,2-5,7H2,1H3,(H,9,10). The van der Waals surface area contributed by atoms with E-state index in [-0.39, 0.29) is 5.91 Å². The second-order valence-corrected chi connectivity index (χ2v) is 4.78. The minimum absolute atomic E-state index is 0.206. The van der Waals surface area contributed by atoms with E-state index in [1.807, 2.05) is 6.92 Å². The quantitative estimate of drug-likeness (QED) is 0.617. The Labute approximate surface area is 70.3 Å². The third-order valence-electron chi connectivity index (χ3n) is 1.59. The number of hydrogen-bond acceptors (Lipinski definition) is 1. The summed E-state index contributed by atoms with van der Waals surface area (Å²) in [5.74, 6) is 2.74. The van der Waals surface area contributed by atoms with Crippen LogP contribution in [0.4, 0.5) is 0 Å². The lowest BCUT2D eigenvalue weighted by molar-refractivity contribution is -0.120. The number of rotatable bonds is 5. The van der Waals surface area contributed by atoms with Crippen LogP contribution in [-0.2, 0) is 4.79 Å². The summed E-state index contributed by atoms with van der Waals surface area (Å²) < 4.78 is 0. The molecule has 1 unspecified atom stereocenters. The van der Waals surface area contributed by atoms with E-state index in [0.717, 1.165) is 13.0 Å². The maximum Gasteiger partial charge on any atom is 0.220 e. The second-order valence-electron chi connectivity index (χ2n) is 2.63. The molecule has 0 saturated carbocycles. The highest BCUT2D eigenvalue weighted by Crippen LogP contribution is 2.23. The minimum Gasteiger partial charge on any atom is -0.356 e. The molecule has 1 atom stereocenters. The van der Waals surface area contributed by atoms with Crippen molar-refractivity contribution in [3.8, 4) is 0 Å². The van der Waals surface area contributed by atoms with E-state index in [4.69, 9.17) is 0 Å². The fourth-order valence-corrected chi connectivity index (χ4v) is 2.15. The lowest BCUT2D eigenvalue weighted by atomic mass is 10.3.